The van der Waals surface area contributed by atoms with Crippen LogP contribution in [0.15, 0.2) is 11.6 Å². The van der Waals surface area contributed by atoms with E-state index < -0.39 is 65.6 Å². The van der Waals surface area contributed by atoms with Crippen LogP contribution in [0, 0.1) is 41.4 Å². The van der Waals surface area contributed by atoms with Crippen LogP contribution < -0.4 is 0 Å². The van der Waals surface area contributed by atoms with Crippen molar-refractivity contribution in [2.45, 2.75) is 122 Å². The molecule has 5 aliphatic rings. The third-order valence-electron chi connectivity index (χ3n) is 11.1. The molecule has 5 unspecified atom stereocenters. The van der Waals surface area contributed by atoms with Gasteiger partial charge in [0.15, 0.2) is 30.2 Å². The number of carbonyl (C=O) groups is 5. The van der Waals surface area contributed by atoms with Crippen molar-refractivity contribution in [2.75, 3.05) is 7.11 Å². The molecule has 4 aliphatic carbocycles. The quantitative estimate of drug-likeness (QED) is 0.232. The van der Waals surface area contributed by atoms with Gasteiger partial charge in [-0.05, 0) is 81.1 Å². The maximum absolute atomic E-state index is 13.0. The molecule has 45 heavy (non-hydrogen) atoms. The zero-order chi connectivity index (χ0) is 32.7. The van der Waals surface area contributed by atoms with E-state index in [0.717, 1.165) is 65.9 Å². The van der Waals surface area contributed by atoms with Gasteiger partial charge < -0.3 is 28.4 Å². The Morgan fingerprint density at radius 2 is 1.58 bits per heavy atom. The zero-order valence-corrected chi connectivity index (χ0v) is 26.7. The first-order valence-corrected chi connectivity index (χ1v) is 16.0. The Bertz CT molecular complexity index is 1300. The summed E-state index contributed by atoms with van der Waals surface area (Å²) in [4.78, 5) is 61.9. The maximum Gasteiger partial charge on any atom is 0.339 e. The zero-order valence-electron chi connectivity index (χ0n) is 26.7. The van der Waals surface area contributed by atoms with Gasteiger partial charge in [-0.1, -0.05) is 18.4 Å². The summed E-state index contributed by atoms with van der Waals surface area (Å²) in [6.45, 7) is 5.57. The van der Waals surface area contributed by atoms with E-state index in [1.807, 2.05) is 6.08 Å². The van der Waals surface area contributed by atoms with Gasteiger partial charge >= 0.3 is 23.9 Å². The SMILES string of the molecule is C#C[C@@]1(OC2OC(C(=O)OC)C(OC(C)=O)C(OC(C)=O)C2OC(C)=O)CC[C@@H]2[C@H]3CCC4=CC(=O)CC[C@H]4[C@@H]3CC[C@]21CC. The van der Waals surface area contributed by atoms with Gasteiger partial charge in [0.1, 0.15) is 5.60 Å². The molecule has 0 N–H and O–H groups in total. The van der Waals surface area contributed by atoms with Crippen molar-refractivity contribution >= 4 is 29.7 Å². The fourth-order valence-corrected chi connectivity index (χ4v) is 9.52. The standard InChI is InChI=1S/C34H44O11/c1-7-33-15-13-24-23-12-10-22(38)17-21(23)9-11-25(24)26(33)14-16-34(33,8-2)45-32-30(43-20(5)37)28(42-19(4)36)27(41-18(3)35)29(44-32)31(39)40-6/h2,17,23-30,32H,7,9-16H2,1,3-6H3/t23-,24+,25+,26-,27?,28?,29?,30?,32?,33-,34-/m1/s1. The third-order valence-corrected chi connectivity index (χ3v) is 11.1. The highest BCUT2D eigenvalue weighted by Crippen LogP contribution is 2.67. The number of allylic oxidation sites excluding steroid dienone is 1. The second-order valence-corrected chi connectivity index (χ2v) is 13.2. The van der Waals surface area contributed by atoms with Crippen LogP contribution in [-0.4, -0.2) is 73.1 Å². The average Bonchev–Trinajstić information content (AvgIpc) is 3.33. The van der Waals surface area contributed by atoms with Crippen molar-refractivity contribution in [3.63, 3.8) is 0 Å². The number of ketones is 1. The summed E-state index contributed by atoms with van der Waals surface area (Å²) in [5.74, 6) is 1.61. The molecule has 11 atom stereocenters. The first-order valence-electron chi connectivity index (χ1n) is 16.0. The van der Waals surface area contributed by atoms with Crippen LogP contribution in [0.3, 0.4) is 0 Å². The number of methoxy groups -OCH3 is 1. The first-order chi connectivity index (χ1) is 21.4. The number of rotatable bonds is 7. The molecular formula is C34H44O11. The molecule has 246 valence electrons. The first kappa shape index (κ1) is 33.1. The highest BCUT2D eigenvalue weighted by Gasteiger charge is 2.67. The van der Waals surface area contributed by atoms with E-state index in [1.54, 1.807) is 0 Å². The summed E-state index contributed by atoms with van der Waals surface area (Å²) in [5, 5.41) is 0. The van der Waals surface area contributed by atoms with Crippen molar-refractivity contribution in [3.8, 4) is 12.3 Å². The van der Waals surface area contributed by atoms with E-state index in [0.29, 0.717) is 30.6 Å². The van der Waals surface area contributed by atoms with Crippen molar-refractivity contribution in [3.05, 3.63) is 11.6 Å². The van der Waals surface area contributed by atoms with Gasteiger partial charge in [0, 0.05) is 32.6 Å². The number of terminal acetylenes is 1. The van der Waals surface area contributed by atoms with E-state index in [-0.39, 0.29) is 11.7 Å². The minimum Gasteiger partial charge on any atom is -0.467 e. The van der Waals surface area contributed by atoms with E-state index >= 15 is 0 Å². The molecule has 11 heteroatoms. The molecule has 0 amide bonds. The monoisotopic (exact) mass is 628 g/mol. The number of esters is 4. The van der Waals surface area contributed by atoms with E-state index in [1.165, 1.54) is 12.5 Å². The van der Waals surface area contributed by atoms with Crippen LogP contribution in [0.1, 0.15) is 85.5 Å². The van der Waals surface area contributed by atoms with Gasteiger partial charge in [-0.3, -0.25) is 19.2 Å². The molecule has 3 saturated carbocycles. The van der Waals surface area contributed by atoms with Gasteiger partial charge in [0.25, 0.3) is 0 Å². The fourth-order valence-electron chi connectivity index (χ4n) is 9.52. The molecule has 0 bridgehead atoms. The molecule has 11 nitrogen and oxygen atoms in total. The van der Waals surface area contributed by atoms with Crippen LogP contribution in [0.2, 0.25) is 0 Å². The number of fused-ring (bicyclic) bond motifs is 5. The number of hydrogen-bond donors (Lipinski definition) is 0. The maximum atomic E-state index is 13.0. The second-order valence-electron chi connectivity index (χ2n) is 13.2. The number of ether oxygens (including phenoxy) is 6. The van der Waals surface area contributed by atoms with Crippen molar-refractivity contribution in [1.29, 1.82) is 0 Å². The largest absolute Gasteiger partial charge is 0.467 e. The highest BCUT2D eigenvalue weighted by molar-refractivity contribution is 5.91. The van der Waals surface area contributed by atoms with Gasteiger partial charge in [-0.2, -0.15) is 0 Å². The lowest BCUT2D eigenvalue weighted by molar-refractivity contribution is -0.329. The normalized spacial score (nSPS) is 40.4. The van der Waals surface area contributed by atoms with E-state index in [9.17, 15) is 24.0 Å². The van der Waals surface area contributed by atoms with Crippen LogP contribution >= 0.6 is 0 Å². The van der Waals surface area contributed by atoms with E-state index in [2.05, 4.69) is 12.8 Å². The molecule has 4 fully saturated rings. The summed E-state index contributed by atoms with van der Waals surface area (Å²) in [6.07, 6.45) is 8.08. The average molecular weight is 629 g/mol. The Morgan fingerprint density at radius 3 is 2.20 bits per heavy atom. The van der Waals surface area contributed by atoms with E-state index in [4.69, 9.17) is 34.8 Å². The lowest BCUT2D eigenvalue weighted by Crippen LogP contribution is -2.66. The Morgan fingerprint density at radius 1 is 0.911 bits per heavy atom. The number of hydrogen-bond acceptors (Lipinski definition) is 11. The summed E-state index contributed by atoms with van der Waals surface area (Å²) in [6, 6.07) is 0. The van der Waals surface area contributed by atoms with Crippen LogP contribution in [0.25, 0.3) is 0 Å². The second kappa shape index (κ2) is 12.9. The molecule has 0 aromatic rings. The van der Waals surface area contributed by atoms with Crippen molar-refractivity contribution in [1.82, 2.24) is 0 Å². The molecular weight excluding hydrogens is 584 g/mol. The molecule has 1 saturated heterocycles. The highest BCUT2D eigenvalue weighted by atomic mass is 16.7. The molecule has 0 aromatic heterocycles. The summed E-state index contributed by atoms with van der Waals surface area (Å²) < 4.78 is 34.5. The van der Waals surface area contributed by atoms with Gasteiger partial charge in [0.05, 0.1) is 7.11 Å². The Kier molecular flexibility index (Phi) is 9.48. The molecule has 1 aliphatic heterocycles. The molecule has 5 rings (SSSR count). The lowest BCUT2D eigenvalue weighted by atomic mass is 9.49. The number of carbonyl (C=O) groups excluding carboxylic acids is 5. The Hall–Kier alpha value is -3.23. The topological polar surface area (TPSA) is 141 Å². The molecule has 0 spiro atoms. The third kappa shape index (κ3) is 5.80. The van der Waals surface area contributed by atoms with Crippen LogP contribution in [-0.2, 0) is 52.4 Å². The summed E-state index contributed by atoms with van der Waals surface area (Å²) >= 11 is 0. The van der Waals surface area contributed by atoms with Crippen molar-refractivity contribution < 1.29 is 52.4 Å². The predicted molar refractivity (Wildman–Crippen MR) is 157 cm³/mol. The molecule has 1 heterocycles. The van der Waals surface area contributed by atoms with Gasteiger partial charge in [0.2, 0.25) is 6.29 Å². The molecule has 0 aromatic carbocycles. The molecule has 0 radical (unpaired) electrons. The lowest BCUT2D eigenvalue weighted by Gasteiger charge is -2.57. The van der Waals surface area contributed by atoms with Gasteiger partial charge in [-0.25, -0.2) is 4.79 Å². The smallest absolute Gasteiger partial charge is 0.339 e. The summed E-state index contributed by atoms with van der Waals surface area (Å²) in [5.41, 5.74) is -0.306. The van der Waals surface area contributed by atoms with Crippen LogP contribution in [0.4, 0.5) is 0 Å². The Labute approximate surface area is 264 Å². The minimum absolute atomic E-state index is 0.224. The minimum atomic E-state index is -1.56. The van der Waals surface area contributed by atoms with Crippen molar-refractivity contribution in [2.24, 2.45) is 29.1 Å². The summed E-state index contributed by atoms with van der Waals surface area (Å²) in [7, 11) is 1.15. The Balaban J connectivity index is 1.51. The van der Waals surface area contributed by atoms with Gasteiger partial charge in [-0.15, -0.1) is 6.42 Å². The van der Waals surface area contributed by atoms with Crippen LogP contribution in [0.5, 0.6) is 0 Å². The fraction of sp³-hybridized carbons (Fsp3) is 0.735. The predicted octanol–water partition coefficient (Wildman–Crippen LogP) is 3.60.